The van der Waals surface area contributed by atoms with Crippen LogP contribution in [-0.4, -0.2) is 4.98 Å². The number of benzene rings is 3. The van der Waals surface area contributed by atoms with Crippen molar-refractivity contribution >= 4 is 34.2 Å². The first kappa shape index (κ1) is 16.8. The highest BCUT2D eigenvalue weighted by molar-refractivity contribution is 6.30. The standard InChI is InChI=1S/C24H16ClNO2/c25-18-8-9-19-17(13-18)14-28-23-4-2-1-3-20(23)21(19)11-15-5-6-16-7-10-24(27)26-22(16)12-15/h1-13H,14H2,(H,26,27)/b21-11+. The summed E-state index contributed by atoms with van der Waals surface area (Å²) in [5, 5.41) is 1.69. The Morgan fingerprint density at radius 3 is 2.71 bits per heavy atom. The molecular formula is C24H16ClNO2. The van der Waals surface area contributed by atoms with Crippen molar-refractivity contribution in [3.8, 4) is 5.75 Å². The monoisotopic (exact) mass is 385 g/mol. The zero-order chi connectivity index (χ0) is 19.1. The summed E-state index contributed by atoms with van der Waals surface area (Å²) in [5.74, 6) is 0.843. The van der Waals surface area contributed by atoms with Gasteiger partial charge in [-0.2, -0.15) is 0 Å². The van der Waals surface area contributed by atoms with Crippen molar-refractivity contribution in [2.45, 2.75) is 6.61 Å². The van der Waals surface area contributed by atoms with Gasteiger partial charge in [-0.15, -0.1) is 0 Å². The lowest BCUT2D eigenvalue weighted by atomic mass is 9.92. The van der Waals surface area contributed by atoms with Gasteiger partial charge in [0.2, 0.25) is 5.56 Å². The fourth-order valence-electron chi connectivity index (χ4n) is 3.64. The molecule has 1 aliphatic heterocycles. The summed E-state index contributed by atoms with van der Waals surface area (Å²) in [5.41, 5.74) is 5.95. The van der Waals surface area contributed by atoms with E-state index in [1.54, 1.807) is 6.07 Å². The molecule has 2 heterocycles. The number of aromatic amines is 1. The molecule has 136 valence electrons. The Bertz CT molecular complexity index is 1300. The molecule has 4 heteroatoms. The van der Waals surface area contributed by atoms with E-state index in [0.717, 1.165) is 44.5 Å². The minimum Gasteiger partial charge on any atom is -0.488 e. The second kappa shape index (κ2) is 6.70. The quantitative estimate of drug-likeness (QED) is 0.459. The number of hydrogen-bond acceptors (Lipinski definition) is 2. The summed E-state index contributed by atoms with van der Waals surface area (Å²) < 4.78 is 6.04. The Hall–Kier alpha value is -3.30. The van der Waals surface area contributed by atoms with E-state index in [-0.39, 0.29) is 5.56 Å². The van der Waals surface area contributed by atoms with Crippen LogP contribution in [0.2, 0.25) is 5.02 Å². The van der Waals surface area contributed by atoms with Crippen LogP contribution in [0.4, 0.5) is 0 Å². The Morgan fingerprint density at radius 1 is 0.929 bits per heavy atom. The normalized spacial score (nSPS) is 14.2. The van der Waals surface area contributed by atoms with Gasteiger partial charge in [-0.25, -0.2) is 0 Å². The Balaban J connectivity index is 1.75. The molecule has 3 nitrogen and oxygen atoms in total. The van der Waals surface area contributed by atoms with Crippen molar-refractivity contribution in [2.24, 2.45) is 0 Å². The van der Waals surface area contributed by atoms with Crippen molar-refractivity contribution < 1.29 is 4.74 Å². The third-order valence-electron chi connectivity index (χ3n) is 4.98. The van der Waals surface area contributed by atoms with Crippen LogP contribution in [-0.2, 0) is 6.61 Å². The van der Waals surface area contributed by atoms with Crippen molar-refractivity contribution in [1.29, 1.82) is 0 Å². The molecule has 4 aromatic rings. The molecule has 0 atom stereocenters. The molecule has 0 radical (unpaired) electrons. The van der Waals surface area contributed by atoms with Gasteiger partial charge < -0.3 is 9.72 Å². The number of halogens is 1. The van der Waals surface area contributed by atoms with Gasteiger partial charge >= 0.3 is 0 Å². The summed E-state index contributed by atoms with van der Waals surface area (Å²) in [6, 6.07) is 23.4. The van der Waals surface area contributed by atoms with Gasteiger partial charge in [-0.05, 0) is 64.1 Å². The molecule has 1 aromatic heterocycles. The lowest BCUT2D eigenvalue weighted by Gasteiger charge is -2.11. The average Bonchev–Trinajstić information content (AvgIpc) is 2.85. The topological polar surface area (TPSA) is 42.1 Å². The molecule has 0 unspecified atom stereocenters. The highest BCUT2D eigenvalue weighted by Crippen LogP contribution is 2.38. The summed E-state index contributed by atoms with van der Waals surface area (Å²) in [6.07, 6.45) is 2.13. The molecule has 0 fully saturated rings. The van der Waals surface area contributed by atoms with Gasteiger partial charge in [0, 0.05) is 22.2 Å². The van der Waals surface area contributed by atoms with E-state index in [2.05, 4.69) is 23.2 Å². The van der Waals surface area contributed by atoms with E-state index in [4.69, 9.17) is 16.3 Å². The number of hydrogen-bond donors (Lipinski definition) is 1. The first-order chi connectivity index (χ1) is 13.7. The molecule has 0 spiro atoms. The van der Waals surface area contributed by atoms with Crippen LogP contribution in [0.3, 0.4) is 0 Å². The highest BCUT2D eigenvalue weighted by Gasteiger charge is 2.19. The number of rotatable bonds is 1. The molecule has 0 amide bonds. The van der Waals surface area contributed by atoms with Gasteiger partial charge in [0.05, 0.1) is 0 Å². The number of aromatic nitrogens is 1. The van der Waals surface area contributed by atoms with E-state index in [1.807, 2.05) is 54.6 Å². The summed E-state index contributed by atoms with van der Waals surface area (Å²) in [4.78, 5) is 14.6. The van der Waals surface area contributed by atoms with Crippen LogP contribution in [0.15, 0.2) is 77.6 Å². The van der Waals surface area contributed by atoms with Crippen LogP contribution < -0.4 is 10.3 Å². The summed E-state index contributed by atoms with van der Waals surface area (Å²) in [6.45, 7) is 0.468. The maximum atomic E-state index is 11.7. The van der Waals surface area contributed by atoms with Crippen molar-refractivity contribution in [1.82, 2.24) is 4.98 Å². The van der Waals surface area contributed by atoms with E-state index in [9.17, 15) is 4.79 Å². The molecule has 0 saturated heterocycles. The predicted molar refractivity (Wildman–Crippen MR) is 114 cm³/mol. The first-order valence-corrected chi connectivity index (χ1v) is 9.41. The first-order valence-electron chi connectivity index (χ1n) is 9.03. The maximum Gasteiger partial charge on any atom is 0.248 e. The fourth-order valence-corrected chi connectivity index (χ4v) is 3.83. The van der Waals surface area contributed by atoms with Crippen LogP contribution in [0.25, 0.3) is 22.6 Å². The zero-order valence-electron chi connectivity index (χ0n) is 14.9. The maximum absolute atomic E-state index is 11.7. The second-order valence-electron chi connectivity index (χ2n) is 6.81. The SMILES string of the molecule is O=c1ccc2ccc(/C=C3\c4ccc(Cl)cc4COc4ccccc43)cc2[nH]1. The highest BCUT2D eigenvalue weighted by atomic mass is 35.5. The number of pyridine rings is 1. The van der Waals surface area contributed by atoms with Crippen LogP contribution >= 0.6 is 11.6 Å². The predicted octanol–water partition coefficient (Wildman–Crippen LogP) is 5.66. The third-order valence-corrected chi connectivity index (χ3v) is 5.21. The molecule has 0 saturated carbocycles. The lowest BCUT2D eigenvalue weighted by Crippen LogP contribution is -2.02. The van der Waals surface area contributed by atoms with Crippen molar-refractivity contribution in [3.05, 3.63) is 110 Å². The minimum absolute atomic E-state index is 0.106. The second-order valence-corrected chi connectivity index (χ2v) is 7.25. The fraction of sp³-hybridized carbons (Fsp3) is 0.0417. The largest absolute Gasteiger partial charge is 0.488 e. The van der Waals surface area contributed by atoms with Crippen molar-refractivity contribution in [3.63, 3.8) is 0 Å². The molecule has 28 heavy (non-hydrogen) atoms. The van der Waals surface area contributed by atoms with Gasteiger partial charge in [-0.3, -0.25) is 4.79 Å². The van der Waals surface area contributed by atoms with Crippen molar-refractivity contribution in [2.75, 3.05) is 0 Å². The van der Waals surface area contributed by atoms with E-state index in [1.165, 1.54) is 0 Å². The van der Waals surface area contributed by atoms with Gasteiger partial charge in [-0.1, -0.05) is 48.0 Å². The van der Waals surface area contributed by atoms with Gasteiger partial charge in [0.25, 0.3) is 0 Å². The summed E-state index contributed by atoms with van der Waals surface area (Å²) in [7, 11) is 0. The number of nitrogens with one attached hydrogen (secondary N) is 1. The van der Waals surface area contributed by atoms with Gasteiger partial charge in [0.1, 0.15) is 12.4 Å². The third kappa shape index (κ3) is 3.00. The summed E-state index contributed by atoms with van der Waals surface area (Å²) >= 11 is 6.22. The molecule has 1 N–H and O–H groups in total. The number of ether oxygens (including phenoxy) is 1. The van der Waals surface area contributed by atoms with Crippen LogP contribution in [0.5, 0.6) is 5.75 Å². The van der Waals surface area contributed by atoms with Crippen LogP contribution in [0.1, 0.15) is 22.3 Å². The molecule has 3 aromatic carbocycles. The smallest absolute Gasteiger partial charge is 0.248 e. The Morgan fingerprint density at radius 2 is 1.79 bits per heavy atom. The Kier molecular flexibility index (Phi) is 4.03. The van der Waals surface area contributed by atoms with E-state index in [0.29, 0.717) is 11.6 Å². The number of fused-ring (bicyclic) bond motifs is 3. The van der Waals surface area contributed by atoms with E-state index < -0.39 is 0 Å². The number of H-pyrrole nitrogens is 1. The average molecular weight is 386 g/mol. The van der Waals surface area contributed by atoms with Crippen LogP contribution in [0, 0.1) is 0 Å². The molecule has 5 rings (SSSR count). The minimum atomic E-state index is -0.106. The Labute approximate surface area is 166 Å². The van der Waals surface area contributed by atoms with Gasteiger partial charge in [0.15, 0.2) is 0 Å². The molecule has 1 aliphatic rings. The molecule has 0 aliphatic carbocycles. The molecule has 0 bridgehead atoms. The zero-order valence-corrected chi connectivity index (χ0v) is 15.7. The number of para-hydroxylation sites is 1. The van der Waals surface area contributed by atoms with E-state index >= 15 is 0 Å². The lowest BCUT2D eigenvalue weighted by molar-refractivity contribution is 0.307. The molecular weight excluding hydrogens is 370 g/mol.